The number of benzene rings is 1. The van der Waals surface area contributed by atoms with Gasteiger partial charge in [0.1, 0.15) is 11.3 Å². The number of aromatic hydroxyl groups is 1. The van der Waals surface area contributed by atoms with Crippen LogP contribution in [0.2, 0.25) is 0 Å². The summed E-state index contributed by atoms with van der Waals surface area (Å²) in [6.45, 7) is 1.84. The van der Waals surface area contributed by atoms with Crippen LogP contribution >= 0.6 is 0 Å². The predicted octanol–water partition coefficient (Wildman–Crippen LogP) is 1.51. The lowest BCUT2D eigenvalue weighted by Gasteiger charge is -2.24. The van der Waals surface area contributed by atoms with Gasteiger partial charge in [-0.05, 0) is 43.9 Å². The fourth-order valence-electron chi connectivity index (χ4n) is 2.11. The molecule has 1 aliphatic rings. The highest BCUT2D eigenvalue weighted by Crippen LogP contribution is 2.36. The van der Waals surface area contributed by atoms with Crippen molar-refractivity contribution >= 4 is 16.0 Å². The molecule has 0 radical (unpaired) electrons. The number of phenols is 1. The molecule has 0 spiro atoms. The van der Waals surface area contributed by atoms with E-state index in [0.717, 1.165) is 25.0 Å². The van der Waals surface area contributed by atoms with Gasteiger partial charge in [0.25, 0.3) is 0 Å². The van der Waals surface area contributed by atoms with Gasteiger partial charge in [-0.2, -0.15) is 4.31 Å². The maximum absolute atomic E-state index is 12.4. The molecule has 1 saturated carbocycles. The lowest BCUT2D eigenvalue weighted by Crippen LogP contribution is -2.36. The van der Waals surface area contributed by atoms with Gasteiger partial charge >= 0.3 is 5.97 Å². The number of sulfonamides is 1. The van der Waals surface area contributed by atoms with E-state index in [1.54, 1.807) is 0 Å². The van der Waals surface area contributed by atoms with Crippen molar-refractivity contribution in [2.24, 2.45) is 5.92 Å². The molecule has 0 bridgehead atoms. The van der Waals surface area contributed by atoms with Gasteiger partial charge in [0, 0.05) is 13.1 Å². The van der Waals surface area contributed by atoms with E-state index < -0.39 is 27.3 Å². The standard InChI is InChI=1S/C13H17NO5S/c1-8(9-3-4-9)14(2)20(18,19)10-5-6-12(15)11(7-10)13(16)17/h5-9,15H,3-4H2,1-2H3,(H,16,17). The summed E-state index contributed by atoms with van der Waals surface area (Å²) in [5.74, 6) is -1.45. The maximum atomic E-state index is 12.4. The quantitative estimate of drug-likeness (QED) is 0.859. The molecular weight excluding hydrogens is 282 g/mol. The van der Waals surface area contributed by atoms with Crippen molar-refractivity contribution in [2.45, 2.75) is 30.7 Å². The van der Waals surface area contributed by atoms with E-state index in [4.69, 9.17) is 5.11 Å². The number of hydrogen-bond acceptors (Lipinski definition) is 4. The first kappa shape index (κ1) is 14.8. The number of carboxylic acids is 1. The van der Waals surface area contributed by atoms with Crippen LogP contribution in [0.5, 0.6) is 5.75 Å². The normalized spacial score (nSPS) is 17.1. The first-order valence-corrected chi connectivity index (χ1v) is 7.73. The fourth-order valence-corrected chi connectivity index (χ4v) is 3.56. The lowest BCUT2D eigenvalue weighted by atomic mass is 10.2. The van der Waals surface area contributed by atoms with Crippen molar-refractivity contribution in [2.75, 3.05) is 7.05 Å². The van der Waals surface area contributed by atoms with Crippen LogP contribution in [0.25, 0.3) is 0 Å². The van der Waals surface area contributed by atoms with Crippen molar-refractivity contribution < 1.29 is 23.4 Å². The summed E-state index contributed by atoms with van der Waals surface area (Å²) in [5.41, 5.74) is -0.418. The fraction of sp³-hybridized carbons (Fsp3) is 0.462. The average molecular weight is 299 g/mol. The Hall–Kier alpha value is -1.60. The summed E-state index contributed by atoms with van der Waals surface area (Å²) in [5, 5.41) is 18.4. The number of carbonyl (C=O) groups is 1. The third-order valence-corrected chi connectivity index (χ3v) is 5.69. The summed E-state index contributed by atoms with van der Waals surface area (Å²) in [6.07, 6.45) is 2.02. The van der Waals surface area contributed by atoms with Gasteiger partial charge in [0.05, 0.1) is 4.90 Å². The van der Waals surface area contributed by atoms with Crippen molar-refractivity contribution in [3.63, 3.8) is 0 Å². The molecule has 2 N–H and O–H groups in total. The monoisotopic (exact) mass is 299 g/mol. The van der Waals surface area contributed by atoms with E-state index in [2.05, 4.69) is 0 Å². The Morgan fingerprint density at radius 3 is 2.50 bits per heavy atom. The summed E-state index contributed by atoms with van der Waals surface area (Å²) >= 11 is 0. The number of rotatable bonds is 5. The smallest absolute Gasteiger partial charge is 0.339 e. The van der Waals surface area contributed by atoms with E-state index in [9.17, 15) is 18.3 Å². The molecule has 0 heterocycles. The topological polar surface area (TPSA) is 94.9 Å². The Bertz CT molecular complexity index is 636. The molecule has 1 fully saturated rings. The number of nitrogens with zero attached hydrogens (tertiary/aromatic N) is 1. The highest BCUT2D eigenvalue weighted by molar-refractivity contribution is 7.89. The van der Waals surface area contributed by atoms with E-state index >= 15 is 0 Å². The van der Waals surface area contributed by atoms with Crippen molar-refractivity contribution in [1.29, 1.82) is 0 Å². The van der Waals surface area contributed by atoms with Crippen LogP contribution in [0, 0.1) is 5.92 Å². The van der Waals surface area contributed by atoms with Gasteiger partial charge in [-0.15, -0.1) is 0 Å². The molecule has 0 saturated heterocycles. The molecule has 7 heteroatoms. The predicted molar refractivity (Wildman–Crippen MR) is 72.2 cm³/mol. The minimum absolute atomic E-state index is 0.122. The third kappa shape index (κ3) is 2.64. The molecule has 1 aliphatic carbocycles. The Balaban J connectivity index is 2.38. The minimum atomic E-state index is -3.76. The highest BCUT2D eigenvalue weighted by Gasteiger charge is 2.36. The summed E-state index contributed by atoms with van der Waals surface area (Å²) in [7, 11) is -2.27. The molecular formula is C13H17NO5S. The third-order valence-electron chi connectivity index (χ3n) is 3.75. The van der Waals surface area contributed by atoms with Gasteiger partial charge in [-0.1, -0.05) is 0 Å². The number of hydrogen-bond donors (Lipinski definition) is 2. The van der Waals surface area contributed by atoms with Crippen molar-refractivity contribution in [3.8, 4) is 5.75 Å². The maximum Gasteiger partial charge on any atom is 0.339 e. The Labute approximate surface area is 117 Å². The summed E-state index contributed by atoms with van der Waals surface area (Å²) < 4.78 is 26.2. The molecule has 6 nitrogen and oxygen atoms in total. The molecule has 1 aromatic carbocycles. The molecule has 110 valence electrons. The van der Waals surface area contributed by atoms with Crippen LogP contribution in [-0.2, 0) is 10.0 Å². The zero-order chi connectivity index (χ0) is 15.1. The first-order valence-electron chi connectivity index (χ1n) is 6.29. The molecule has 1 aromatic rings. The van der Waals surface area contributed by atoms with E-state index in [-0.39, 0.29) is 10.9 Å². The minimum Gasteiger partial charge on any atom is -0.507 e. The molecule has 0 aromatic heterocycles. The SMILES string of the molecule is CC(C1CC1)N(C)S(=O)(=O)c1ccc(O)c(C(=O)O)c1. The van der Waals surface area contributed by atoms with Crippen LogP contribution in [0.1, 0.15) is 30.1 Å². The molecule has 0 amide bonds. The van der Waals surface area contributed by atoms with Gasteiger partial charge < -0.3 is 10.2 Å². The second kappa shape index (κ2) is 5.06. The second-order valence-electron chi connectivity index (χ2n) is 5.08. The van der Waals surface area contributed by atoms with Gasteiger partial charge in [-0.25, -0.2) is 13.2 Å². The van der Waals surface area contributed by atoms with Gasteiger partial charge in [0.2, 0.25) is 10.0 Å². The highest BCUT2D eigenvalue weighted by atomic mass is 32.2. The molecule has 0 aliphatic heterocycles. The Kier molecular flexibility index (Phi) is 3.75. The molecule has 20 heavy (non-hydrogen) atoms. The van der Waals surface area contributed by atoms with Crippen LogP contribution in [0.4, 0.5) is 0 Å². The number of carboxylic acid groups (broad SMARTS) is 1. The largest absolute Gasteiger partial charge is 0.507 e. The average Bonchev–Trinajstić information content (AvgIpc) is 3.21. The van der Waals surface area contributed by atoms with Crippen LogP contribution in [0.15, 0.2) is 23.1 Å². The molecule has 1 unspecified atom stereocenters. The Morgan fingerprint density at radius 1 is 1.40 bits per heavy atom. The zero-order valence-electron chi connectivity index (χ0n) is 11.3. The second-order valence-corrected chi connectivity index (χ2v) is 7.08. The zero-order valence-corrected chi connectivity index (χ0v) is 12.1. The van der Waals surface area contributed by atoms with Crippen LogP contribution in [0.3, 0.4) is 0 Å². The summed E-state index contributed by atoms with van der Waals surface area (Å²) in [4.78, 5) is 10.8. The van der Waals surface area contributed by atoms with Crippen LogP contribution in [-0.4, -0.2) is 42.0 Å². The molecule has 2 rings (SSSR count). The van der Waals surface area contributed by atoms with Gasteiger partial charge in [0.15, 0.2) is 0 Å². The molecule has 1 atom stereocenters. The van der Waals surface area contributed by atoms with Crippen molar-refractivity contribution in [3.05, 3.63) is 23.8 Å². The number of aromatic carboxylic acids is 1. The van der Waals surface area contributed by atoms with E-state index in [1.807, 2.05) is 6.92 Å². The van der Waals surface area contributed by atoms with Gasteiger partial charge in [-0.3, -0.25) is 0 Å². The van der Waals surface area contributed by atoms with Crippen molar-refractivity contribution in [1.82, 2.24) is 4.31 Å². The van der Waals surface area contributed by atoms with Crippen LogP contribution < -0.4 is 0 Å². The summed E-state index contributed by atoms with van der Waals surface area (Å²) in [6, 6.07) is 3.17. The van der Waals surface area contributed by atoms with E-state index in [1.165, 1.54) is 17.4 Å². The Morgan fingerprint density at radius 2 is 2.00 bits per heavy atom. The lowest BCUT2D eigenvalue weighted by molar-refractivity contribution is 0.0693. The first-order chi connectivity index (χ1) is 9.25. The van der Waals surface area contributed by atoms with E-state index in [0.29, 0.717) is 5.92 Å².